The number of para-hydroxylation sites is 1. The van der Waals surface area contributed by atoms with Gasteiger partial charge in [-0.15, -0.1) is 0 Å². The van der Waals surface area contributed by atoms with E-state index in [-0.39, 0.29) is 5.91 Å². The first kappa shape index (κ1) is 15.4. The minimum Gasteiger partial charge on any atom is -0.493 e. The number of ether oxygens (including phenoxy) is 2. The molecular formula is C19H21NO3. The molecule has 1 aliphatic rings. The highest BCUT2D eigenvalue weighted by atomic mass is 16.5. The van der Waals surface area contributed by atoms with Gasteiger partial charge in [-0.05, 0) is 54.7 Å². The molecule has 0 aliphatic carbocycles. The predicted octanol–water partition coefficient (Wildman–Crippen LogP) is 2.90. The molecule has 2 aromatic rings. The summed E-state index contributed by atoms with van der Waals surface area (Å²) in [5.74, 6) is 1.62. The van der Waals surface area contributed by atoms with Crippen LogP contribution in [0.5, 0.6) is 11.5 Å². The van der Waals surface area contributed by atoms with Gasteiger partial charge < -0.3 is 15.2 Å². The third kappa shape index (κ3) is 3.16. The Morgan fingerprint density at radius 2 is 2.17 bits per heavy atom. The van der Waals surface area contributed by atoms with E-state index in [2.05, 4.69) is 13.0 Å². The average Bonchev–Trinajstić information content (AvgIpc) is 2.55. The lowest BCUT2D eigenvalue weighted by molar-refractivity contribution is 0.1000. The Morgan fingerprint density at radius 3 is 2.91 bits per heavy atom. The molecule has 0 spiro atoms. The monoisotopic (exact) mass is 311 g/mol. The summed E-state index contributed by atoms with van der Waals surface area (Å²) in [6, 6.07) is 11.6. The number of methoxy groups -OCH3 is 1. The first-order chi connectivity index (χ1) is 11.1. The zero-order chi connectivity index (χ0) is 16.4. The first-order valence-corrected chi connectivity index (χ1v) is 7.76. The van der Waals surface area contributed by atoms with Crippen LogP contribution in [-0.4, -0.2) is 19.6 Å². The molecule has 0 unspecified atom stereocenters. The molecule has 0 aromatic heterocycles. The van der Waals surface area contributed by atoms with Crippen LogP contribution >= 0.6 is 0 Å². The zero-order valence-corrected chi connectivity index (χ0v) is 13.5. The van der Waals surface area contributed by atoms with Gasteiger partial charge in [0.05, 0.1) is 13.7 Å². The maximum absolute atomic E-state index is 11.4. The Bertz CT molecular complexity index is 739. The minimum atomic E-state index is -0.388. The van der Waals surface area contributed by atoms with E-state index in [9.17, 15) is 4.79 Å². The molecule has 0 saturated carbocycles. The summed E-state index contributed by atoms with van der Waals surface area (Å²) >= 11 is 0. The number of carbonyl (C=O) groups is 1. The van der Waals surface area contributed by atoms with Gasteiger partial charge >= 0.3 is 0 Å². The minimum absolute atomic E-state index is 0.372. The number of primary amides is 1. The smallest absolute Gasteiger partial charge is 0.248 e. The van der Waals surface area contributed by atoms with Gasteiger partial charge in [-0.2, -0.15) is 0 Å². The molecule has 2 aromatic carbocycles. The topological polar surface area (TPSA) is 61.6 Å². The normalized spacial score (nSPS) is 16.3. The number of carbonyl (C=O) groups excluding carboxylic acids is 1. The molecule has 1 atom stereocenters. The van der Waals surface area contributed by atoms with Gasteiger partial charge in [-0.1, -0.05) is 18.2 Å². The number of rotatable bonds is 4. The lowest BCUT2D eigenvalue weighted by Gasteiger charge is -2.27. The standard InChI is InChI=1S/C19H21NO3/c1-12-6-7-15(19(20)21)10-16(12)9-13-8-14-4-3-5-17(22-2)18(14)23-11-13/h3-7,10,13H,8-9,11H2,1-2H3,(H2,20,21)/t13-/m1/s1. The molecule has 0 bridgehead atoms. The van der Waals surface area contributed by atoms with Crippen LogP contribution in [0.4, 0.5) is 0 Å². The maximum atomic E-state index is 11.4. The Balaban J connectivity index is 1.80. The van der Waals surface area contributed by atoms with Gasteiger partial charge in [-0.25, -0.2) is 0 Å². The van der Waals surface area contributed by atoms with E-state index in [1.54, 1.807) is 13.2 Å². The number of nitrogens with two attached hydrogens (primary N) is 1. The van der Waals surface area contributed by atoms with E-state index in [0.717, 1.165) is 29.9 Å². The van der Waals surface area contributed by atoms with Crippen molar-refractivity contribution in [2.24, 2.45) is 11.7 Å². The van der Waals surface area contributed by atoms with Crippen molar-refractivity contribution in [1.82, 2.24) is 0 Å². The van der Waals surface area contributed by atoms with Crippen LogP contribution in [0.15, 0.2) is 36.4 Å². The SMILES string of the molecule is COc1cccc2c1OC[C@@H](Cc1cc(C(N)=O)ccc1C)C2. The third-order valence-corrected chi connectivity index (χ3v) is 4.39. The van der Waals surface area contributed by atoms with Crippen molar-refractivity contribution in [3.05, 3.63) is 58.7 Å². The second-order valence-corrected chi connectivity index (χ2v) is 6.04. The fraction of sp³-hybridized carbons (Fsp3) is 0.316. The maximum Gasteiger partial charge on any atom is 0.248 e. The fourth-order valence-corrected chi connectivity index (χ4v) is 3.10. The largest absolute Gasteiger partial charge is 0.493 e. The number of hydrogen-bond acceptors (Lipinski definition) is 3. The van der Waals surface area contributed by atoms with Crippen molar-refractivity contribution >= 4 is 5.91 Å². The Labute approximate surface area is 136 Å². The highest BCUT2D eigenvalue weighted by Gasteiger charge is 2.23. The van der Waals surface area contributed by atoms with Crippen molar-refractivity contribution in [3.63, 3.8) is 0 Å². The van der Waals surface area contributed by atoms with Gasteiger partial charge in [-0.3, -0.25) is 4.79 Å². The number of aryl methyl sites for hydroxylation is 1. The fourth-order valence-electron chi connectivity index (χ4n) is 3.10. The molecule has 120 valence electrons. The second-order valence-electron chi connectivity index (χ2n) is 6.04. The summed E-state index contributed by atoms with van der Waals surface area (Å²) in [6.45, 7) is 2.70. The summed E-state index contributed by atoms with van der Waals surface area (Å²) in [6.07, 6.45) is 1.80. The molecular weight excluding hydrogens is 290 g/mol. The molecule has 0 radical (unpaired) electrons. The van der Waals surface area contributed by atoms with Gasteiger partial charge in [0.2, 0.25) is 5.91 Å². The molecule has 0 fully saturated rings. The average molecular weight is 311 g/mol. The molecule has 1 heterocycles. The summed E-state index contributed by atoms with van der Waals surface area (Å²) in [5, 5.41) is 0. The second kappa shape index (κ2) is 6.32. The van der Waals surface area contributed by atoms with Crippen molar-refractivity contribution in [2.45, 2.75) is 19.8 Å². The quantitative estimate of drug-likeness (QED) is 0.944. The van der Waals surface area contributed by atoms with E-state index >= 15 is 0 Å². The number of hydrogen-bond donors (Lipinski definition) is 1. The van der Waals surface area contributed by atoms with Crippen molar-refractivity contribution in [3.8, 4) is 11.5 Å². The number of fused-ring (bicyclic) bond motifs is 1. The molecule has 1 amide bonds. The van der Waals surface area contributed by atoms with Crippen LogP contribution in [0.2, 0.25) is 0 Å². The Kier molecular flexibility index (Phi) is 4.24. The van der Waals surface area contributed by atoms with Crippen LogP contribution in [0.3, 0.4) is 0 Å². The van der Waals surface area contributed by atoms with Crippen molar-refractivity contribution in [2.75, 3.05) is 13.7 Å². The van der Waals surface area contributed by atoms with Crippen LogP contribution in [-0.2, 0) is 12.8 Å². The molecule has 4 heteroatoms. The summed E-state index contributed by atoms with van der Waals surface area (Å²) in [5.41, 5.74) is 9.44. The van der Waals surface area contributed by atoms with Crippen LogP contribution in [0, 0.1) is 12.8 Å². The Morgan fingerprint density at radius 1 is 1.35 bits per heavy atom. The lowest BCUT2D eigenvalue weighted by Crippen LogP contribution is -2.23. The van der Waals surface area contributed by atoms with E-state index in [4.69, 9.17) is 15.2 Å². The Hall–Kier alpha value is -2.49. The van der Waals surface area contributed by atoms with E-state index in [1.165, 1.54) is 11.1 Å². The zero-order valence-electron chi connectivity index (χ0n) is 13.5. The van der Waals surface area contributed by atoms with Crippen molar-refractivity contribution in [1.29, 1.82) is 0 Å². The highest BCUT2D eigenvalue weighted by molar-refractivity contribution is 5.93. The molecule has 0 saturated heterocycles. The summed E-state index contributed by atoms with van der Waals surface area (Å²) < 4.78 is 11.3. The third-order valence-electron chi connectivity index (χ3n) is 4.39. The predicted molar refractivity (Wildman–Crippen MR) is 89.1 cm³/mol. The molecule has 2 N–H and O–H groups in total. The first-order valence-electron chi connectivity index (χ1n) is 7.76. The number of amides is 1. The van der Waals surface area contributed by atoms with Crippen LogP contribution in [0.1, 0.15) is 27.0 Å². The molecule has 23 heavy (non-hydrogen) atoms. The van der Waals surface area contributed by atoms with Gasteiger partial charge in [0.25, 0.3) is 0 Å². The van der Waals surface area contributed by atoms with E-state index in [0.29, 0.717) is 18.1 Å². The van der Waals surface area contributed by atoms with Gasteiger partial charge in [0.1, 0.15) is 0 Å². The lowest BCUT2D eigenvalue weighted by atomic mass is 9.88. The van der Waals surface area contributed by atoms with Crippen molar-refractivity contribution < 1.29 is 14.3 Å². The number of benzene rings is 2. The van der Waals surface area contributed by atoms with Crippen LogP contribution < -0.4 is 15.2 Å². The van der Waals surface area contributed by atoms with Gasteiger partial charge in [0.15, 0.2) is 11.5 Å². The van der Waals surface area contributed by atoms with Gasteiger partial charge in [0, 0.05) is 11.5 Å². The summed E-state index contributed by atoms with van der Waals surface area (Å²) in [4.78, 5) is 11.4. The molecule has 4 nitrogen and oxygen atoms in total. The van der Waals surface area contributed by atoms with E-state index in [1.807, 2.05) is 24.3 Å². The summed E-state index contributed by atoms with van der Waals surface area (Å²) in [7, 11) is 1.66. The molecule has 3 rings (SSSR count). The van der Waals surface area contributed by atoms with Crippen LogP contribution in [0.25, 0.3) is 0 Å². The molecule has 1 aliphatic heterocycles. The highest BCUT2D eigenvalue weighted by Crippen LogP contribution is 2.36. The van der Waals surface area contributed by atoms with E-state index < -0.39 is 0 Å².